The van der Waals surface area contributed by atoms with Gasteiger partial charge >= 0.3 is 0 Å². The maximum Gasteiger partial charge on any atom is 0.222 e. The molecule has 0 rings (SSSR count). The zero-order valence-electron chi connectivity index (χ0n) is 6.95. The molecule has 0 heterocycles. The van der Waals surface area contributed by atoms with Crippen LogP contribution in [0.15, 0.2) is 0 Å². The summed E-state index contributed by atoms with van der Waals surface area (Å²) in [5.41, 5.74) is 0. The Morgan fingerprint density at radius 2 is 1.82 bits per heavy atom. The van der Waals surface area contributed by atoms with Crippen LogP contribution >= 0.6 is 0 Å². The second-order valence-electron chi connectivity index (χ2n) is 2.72. The summed E-state index contributed by atoms with van der Waals surface area (Å²) in [6.45, 7) is -0.286. The van der Waals surface area contributed by atoms with Crippen LogP contribution in [-0.2, 0) is 4.79 Å². The van der Waals surface area contributed by atoms with Crippen molar-refractivity contribution in [3.05, 3.63) is 0 Å². The van der Waals surface area contributed by atoms with E-state index >= 15 is 0 Å². The molecule has 0 aliphatic rings. The molecule has 0 unspecified atom stereocenters. The van der Waals surface area contributed by atoms with Gasteiger partial charge in [-0.1, -0.05) is 0 Å². The first-order valence-corrected chi connectivity index (χ1v) is 3.53. The fourth-order valence-electron chi connectivity index (χ4n) is 0.616. The molecule has 0 aromatic heterocycles. The Balaban J connectivity index is 3.72. The average molecular weight is 161 g/mol. The van der Waals surface area contributed by atoms with Crippen molar-refractivity contribution in [2.24, 2.45) is 5.92 Å². The molecule has 0 spiro atoms. The van der Waals surface area contributed by atoms with Crippen LogP contribution < -0.4 is 0 Å². The highest BCUT2D eigenvalue weighted by Gasteiger charge is 2.12. The van der Waals surface area contributed by atoms with Crippen molar-refractivity contribution >= 4 is 5.91 Å². The van der Waals surface area contributed by atoms with Gasteiger partial charge in [-0.2, -0.15) is 0 Å². The second kappa shape index (κ2) is 5.09. The minimum Gasteiger partial charge on any atom is -0.396 e. The lowest BCUT2D eigenvalue weighted by Crippen LogP contribution is -2.26. The lowest BCUT2D eigenvalue weighted by atomic mass is 10.1. The Kier molecular flexibility index (Phi) is 4.81. The Morgan fingerprint density at radius 3 is 2.09 bits per heavy atom. The summed E-state index contributed by atoms with van der Waals surface area (Å²) in [7, 11) is 3.29. The van der Waals surface area contributed by atoms with E-state index in [-0.39, 0.29) is 31.5 Å². The molecule has 1 amide bonds. The Hall–Kier alpha value is -0.610. The fraction of sp³-hybridized carbons (Fsp3) is 0.857. The second-order valence-corrected chi connectivity index (χ2v) is 2.72. The first-order valence-electron chi connectivity index (χ1n) is 3.53. The van der Waals surface area contributed by atoms with Gasteiger partial charge in [-0.05, 0) is 0 Å². The van der Waals surface area contributed by atoms with E-state index in [1.54, 1.807) is 14.1 Å². The van der Waals surface area contributed by atoms with E-state index < -0.39 is 0 Å². The van der Waals surface area contributed by atoms with Gasteiger partial charge in [0.05, 0.1) is 0 Å². The fourth-order valence-corrected chi connectivity index (χ4v) is 0.616. The first-order chi connectivity index (χ1) is 5.11. The lowest BCUT2D eigenvalue weighted by Gasteiger charge is -2.14. The molecule has 0 aliphatic carbocycles. The van der Waals surface area contributed by atoms with Gasteiger partial charge in [-0.3, -0.25) is 4.79 Å². The van der Waals surface area contributed by atoms with E-state index in [1.807, 2.05) is 0 Å². The first kappa shape index (κ1) is 10.4. The third kappa shape index (κ3) is 3.95. The zero-order valence-corrected chi connectivity index (χ0v) is 6.95. The number of aliphatic hydroxyl groups excluding tert-OH is 2. The number of rotatable bonds is 4. The van der Waals surface area contributed by atoms with Gasteiger partial charge in [-0.15, -0.1) is 0 Å². The highest BCUT2D eigenvalue weighted by Crippen LogP contribution is 2.02. The van der Waals surface area contributed by atoms with E-state index in [4.69, 9.17) is 10.2 Å². The third-order valence-electron chi connectivity index (χ3n) is 1.48. The van der Waals surface area contributed by atoms with Gasteiger partial charge < -0.3 is 15.1 Å². The van der Waals surface area contributed by atoms with Crippen molar-refractivity contribution in [1.82, 2.24) is 4.90 Å². The van der Waals surface area contributed by atoms with Crippen LogP contribution in [0.1, 0.15) is 6.42 Å². The van der Waals surface area contributed by atoms with Crippen LogP contribution in [-0.4, -0.2) is 48.3 Å². The van der Waals surface area contributed by atoms with Crippen molar-refractivity contribution in [2.75, 3.05) is 27.3 Å². The van der Waals surface area contributed by atoms with Crippen LogP contribution in [0.2, 0.25) is 0 Å². The highest BCUT2D eigenvalue weighted by atomic mass is 16.3. The van der Waals surface area contributed by atoms with Gasteiger partial charge in [0.25, 0.3) is 0 Å². The molecule has 0 fully saturated rings. The predicted molar refractivity (Wildman–Crippen MR) is 41.0 cm³/mol. The Labute approximate surface area is 66.4 Å². The van der Waals surface area contributed by atoms with Gasteiger partial charge in [0.1, 0.15) is 0 Å². The predicted octanol–water partition coefficient (Wildman–Crippen LogP) is -0.935. The molecule has 0 saturated carbocycles. The number of hydrogen-bond donors (Lipinski definition) is 2. The molecule has 0 aliphatic heterocycles. The smallest absolute Gasteiger partial charge is 0.222 e. The van der Waals surface area contributed by atoms with Crippen molar-refractivity contribution in [2.45, 2.75) is 6.42 Å². The average Bonchev–Trinajstić information content (AvgIpc) is 1.99. The molecule has 0 bridgehead atoms. The number of carbonyl (C=O) groups is 1. The minimum absolute atomic E-state index is 0.0712. The molecular formula is C7H15NO3. The van der Waals surface area contributed by atoms with Crippen LogP contribution in [0.25, 0.3) is 0 Å². The minimum atomic E-state index is -0.315. The number of amides is 1. The standard InChI is InChI=1S/C7H15NO3/c1-8(2)7(11)3-6(4-9)5-10/h6,9-10H,3-5H2,1-2H3. The molecule has 0 aromatic rings. The topological polar surface area (TPSA) is 60.8 Å². The summed E-state index contributed by atoms with van der Waals surface area (Å²) >= 11 is 0. The van der Waals surface area contributed by atoms with Gasteiger partial charge in [-0.25, -0.2) is 0 Å². The summed E-state index contributed by atoms with van der Waals surface area (Å²) in [6, 6.07) is 0. The van der Waals surface area contributed by atoms with Crippen molar-refractivity contribution in [3.63, 3.8) is 0 Å². The number of nitrogens with zero attached hydrogens (tertiary/aromatic N) is 1. The SMILES string of the molecule is CN(C)C(=O)CC(CO)CO. The van der Waals surface area contributed by atoms with E-state index in [0.29, 0.717) is 0 Å². The molecule has 11 heavy (non-hydrogen) atoms. The largest absolute Gasteiger partial charge is 0.396 e. The molecule has 0 radical (unpaired) electrons. The van der Waals surface area contributed by atoms with E-state index in [2.05, 4.69) is 0 Å². The van der Waals surface area contributed by atoms with E-state index in [0.717, 1.165) is 0 Å². The number of hydrogen-bond acceptors (Lipinski definition) is 3. The highest BCUT2D eigenvalue weighted by molar-refractivity contribution is 5.75. The van der Waals surface area contributed by atoms with Crippen LogP contribution in [0.5, 0.6) is 0 Å². The van der Waals surface area contributed by atoms with Crippen LogP contribution in [0.4, 0.5) is 0 Å². The third-order valence-corrected chi connectivity index (χ3v) is 1.48. The maximum atomic E-state index is 11.0. The maximum absolute atomic E-state index is 11.0. The zero-order chi connectivity index (χ0) is 8.85. The van der Waals surface area contributed by atoms with E-state index in [9.17, 15) is 4.79 Å². The van der Waals surface area contributed by atoms with Crippen molar-refractivity contribution < 1.29 is 15.0 Å². The molecule has 0 saturated heterocycles. The quantitative estimate of drug-likeness (QED) is 0.559. The van der Waals surface area contributed by atoms with Crippen molar-refractivity contribution in [3.8, 4) is 0 Å². The van der Waals surface area contributed by atoms with Crippen LogP contribution in [0, 0.1) is 5.92 Å². The molecule has 4 nitrogen and oxygen atoms in total. The molecule has 0 atom stereocenters. The summed E-state index contributed by atoms with van der Waals surface area (Å²) in [4.78, 5) is 12.4. The molecule has 66 valence electrons. The number of aliphatic hydroxyl groups is 2. The van der Waals surface area contributed by atoms with Gasteiger partial charge in [0.2, 0.25) is 5.91 Å². The lowest BCUT2D eigenvalue weighted by molar-refractivity contribution is -0.130. The van der Waals surface area contributed by atoms with Gasteiger partial charge in [0, 0.05) is 39.6 Å². The monoisotopic (exact) mass is 161 g/mol. The van der Waals surface area contributed by atoms with E-state index in [1.165, 1.54) is 4.90 Å². The molecule has 2 N–H and O–H groups in total. The van der Waals surface area contributed by atoms with Crippen LogP contribution in [0.3, 0.4) is 0 Å². The van der Waals surface area contributed by atoms with Gasteiger partial charge in [0.15, 0.2) is 0 Å². The summed E-state index contributed by atoms with van der Waals surface area (Å²) < 4.78 is 0. The summed E-state index contributed by atoms with van der Waals surface area (Å²) in [6.07, 6.45) is 0.208. The van der Waals surface area contributed by atoms with Crippen molar-refractivity contribution in [1.29, 1.82) is 0 Å². The summed E-state index contributed by atoms with van der Waals surface area (Å²) in [5.74, 6) is -0.386. The molecule has 0 aromatic carbocycles. The summed E-state index contributed by atoms with van der Waals surface area (Å²) in [5, 5.41) is 17.3. The Bertz CT molecular complexity index is 121. The molecular weight excluding hydrogens is 146 g/mol. The molecule has 4 heteroatoms. The number of carbonyl (C=O) groups excluding carboxylic acids is 1. The normalized spacial score (nSPS) is 10.3. The Morgan fingerprint density at radius 1 is 1.36 bits per heavy atom.